The van der Waals surface area contributed by atoms with Crippen molar-refractivity contribution in [1.29, 1.82) is 0 Å². The summed E-state index contributed by atoms with van der Waals surface area (Å²) >= 11 is 6.25. The number of aromatic nitrogens is 2. The number of benzene rings is 1. The van der Waals surface area contributed by atoms with Crippen LogP contribution in [-0.2, 0) is 11.3 Å². The van der Waals surface area contributed by atoms with E-state index in [4.69, 9.17) is 20.8 Å². The molecule has 3 aromatic rings. The van der Waals surface area contributed by atoms with E-state index in [0.717, 1.165) is 53.7 Å². The highest BCUT2D eigenvalue weighted by Gasteiger charge is 2.24. The number of para-hydroxylation sites is 1. The Balaban J connectivity index is 1.60. The Bertz CT molecular complexity index is 983. The molecule has 1 fully saturated rings. The van der Waals surface area contributed by atoms with Gasteiger partial charge in [-0.25, -0.2) is 4.79 Å². The second-order valence-corrected chi connectivity index (χ2v) is 8.10. The standard InChI is InChI=1S/C22H25ClN2O3/c1-3-27-22(26)19-11-14(2)25(24-19)13-17-6-4-5-16-12-20(28-21(16)17)15-7-9-18(23)10-8-15/h4-6,11-12,15,18H,3,7-10,13H2,1-2H3. The lowest BCUT2D eigenvalue weighted by atomic mass is 9.87. The molecule has 6 heteroatoms. The summed E-state index contributed by atoms with van der Waals surface area (Å²) in [6.45, 7) is 4.61. The van der Waals surface area contributed by atoms with Crippen molar-refractivity contribution in [3.05, 3.63) is 53.0 Å². The third-order valence-electron chi connectivity index (χ3n) is 5.49. The lowest BCUT2D eigenvalue weighted by Gasteiger charge is -2.23. The van der Waals surface area contributed by atoms with Crippen LogP contribution in [0.3, 0.4) is 0 Å². The van der Waals surface area contributed by atoms with Gasteiger partial charge in [0.25, 0.3) is 0 Å². The second kappa shape index (κ2) is 8.00. The van der Waals surface area contributed by atoms with Crippen LogP contribution in [0.1, 0.15) is 66.0 Å². The highest BCUT2D eigenvalue weighted by Crippen LogP contribution is 2.38. The summed E-state index contributed by atoms with van der Waals surface area (Å²) in [5.74, 6) is 1.10. The molecule has 28 heavy (non-hydrogen) atoms. The largest absolute Gasteiger partial charge is 0.461 e. The number of fused-ring (bicyclic) bond motifs is 1. The number of nitrogens with zero attached hydrogens (tertiary/aromatic N) is 2. The third kappa shape index (κ3) is 3.81. The molecular weight excluding hydrogens is 376 g/mol. The lowest BCUT2D eigenvalue weighted by Crippen LogP contribution is -2.12. The van der Waals surface area contributed by atoms with Gasteiger partial charge < -0.3 is 9.15 Å². The Morgan fingerprint density at radius 3 is 2.82 bits per heavy atom. The van der Waals surface area contributed by atoms with E-state index in [-0.39, 0.29) is 0 Å². The van der Waals surface area contributed by atoms with Gasteiger partial charge in [-0.15, -0.1) is 11.6 Å². The number of alkyl halides is 1. The summed E-state index contributed by atoms with van der Waals surface area (Å²) in [4.78, 5) is 12.0. The van der Waals surface area contributed by atoms with Gasteiger partial charge in [0.05, 0.1) is 13.2 Å². The number of aryl methyl sites for hydroxylation is 1. The van der Waals surface area contributed by atoms with Crippen LogP contribution < -0.4 is 0 Å². The van der Waals surface area contributed by atoms with E-state index < -0.39 is 5.97 Å². The maximum atomic E-state index is 12.0. The fraction of sp³-hybridized carbons (Fsp3) is 0.455. The topological polar surface area (TPSA) is 57.3 Å². The van der Waals surface area contributed by atoms with E-state index in [0.29, 0.717) is 30.1 Å². The third-order valence-corrected chi connectivity index (χ3v) is 5.93. The van der Waals surface area contributed by atoms with Gasteiger partial charge in [-0.3, -0.25) is 4.68 Å². The zero-order chi connectivity index (χ0) is 19.7. The average molecular weight is 401 g/mol. The first-order chi connectivity index (χ1) is 13.5. The average Bonchev–Trinajstić information content (AvgIpc) is 3.27. The number of rotatable bonds is 5. The van der Waals surface area contributed by atoms with E-state index >= 15 is 0 Å². The zero-order valence-corrected chi connectivity index (χ0v) is 17.0. The maximum Gasteiger partial charge on any atom is 0.358 e. The SMILES string of the molecule is CCOC(=O)c1cc(C)n(Cc2cccc3cc(C4CCC(Cl)CC4)oc23)n1. The van der Waals surface area contributed by atoms with Gasteiger partial charge in [-0.05, 0) is 51.7 Å². The summed E-state index contributed by atoms with van der Waals surface area (Å²) < 4.78 is 13.2. The Morgan fingerprint density at radius 2 is 2.07 bits per heavy atom. The Labute approximate surface area is 169 Å². The van der Waals surface area contributed by atoms with Crippen LogP contribution in [0.15, 0.2) is 34.7 Å². The van der Waals surface area contributed by atoms with Crippen molar-refractivity contribution in [1.82, 2.24) is 9.78 Å². The van der Waals surface area contributed by atoms with Crippen molar-refractivity contribution in [3.63, 3.8) is 0 Å². The van der Waals surface area contributed by atoms with E-state index in [2.05, 4.69) is 23.3 Å². The van der Waals surface area contributed by atoms with E-state index in [1.807, 2.05) is 17.7 Å². The van der Waals surface area contributed by atoms with Crippen molar-refractivity contribution < 1.29 is 13.9 Å². The highest BCUT2D eigenvalue weighted by atomic mass is 35.5. The molecule has 1 aliphatic carbocycles. The normalized spacial score (nSPS) is 19.8. The van der Waals surface area contributed by atoms with Crippen LogP contribution in [0.4, 0.5) is 0 Å². The van der Waals surface area contributed by atoms with Crippen LogP contribution in [0, 0.1) is 6.92 Å². The van der Waals surface area contributed by atoms with Crippen LogP contribution in [0.5, 0.6) is 0 Å². The van der Waals surface area contributed by atoms with E-state index in [9.17, 15) is 4.79 Å². The Kier molecular flexibility index (Phi) is 5.44. The van der Waals surface area contributed by atoms with Gasteiger partial charge >= 0.3 is 5.97 Å². The number of hydrogen-bond acceptors (Lipinski definition) is 4. The molecule has 5 nitrogen and oxygen atoms in total. The minimum absolute atomic E-state index is 0.299. The first-order valence-electron chi connectivity index (χ1n) is 9.92. The number of halogens is 1. The quantitative estimate of drug-likeness (QED) is 0.423. The molecule has 1 aromatic carbocycles. The fourth-order valence-corrected chi connectivity index (χ4v) is 4.19. The molecule has 0 aliphatic heterocycles. The molecule has 148 valence electrons. The lowest BCUT2D eigenvalue weighted by molar-refractivity contribution is 0.0518. The first-order valence-corrected chi connectivity index (χ1v) is 10.4. The summed E-state index contributed by atoms with van der Waals surface area (Å²) in [6, 6.07) is 10.1. The number of ether oxygens (including phenoxy) is 1. The van der Waals surface area contributed by atoms with Gasteiger partial charge in [0.2, 0.25) is 0 Å². The fourth-order valence-electron chi connectivity index (χ4n) is 3.94. The number of hydrogen-bond donors (Lipinski definition) is 0. The van der Waals surface area contributed by atoms with Gasteiger partial charge in [-0.1, -0.05) is 18.2 Å². The van der Waals surface area contributed by atoms with Gasteiger partial charge in [0.1, 0.15) is 11.3 Å². The molecule has 2 aromatic heterocycles. The summed E-state index contributed by atoms with van der Waals surface area (Å²) in [5.41, 5.74) is 3.20. The van der Waals surface area contributed by atoms with Gasteiger partial charge in [-0.2, -0.15) is 5.10 Å². The molecule has 0 atom stereocenters. The first kappa shape index (κ1) is 19.1. The molecule has 0 N–H and O–H groups in total. The summed E-state index contributed by atoms with van der Waals surface area (Å²) in [6.07, 6.45) is 4.23. The summed E-state index contributed by atoms with van der Waals surface area (Å²) in [5, 5.41) is 5.83. The molecule has 0 spiro atoms. The van der Waals surface area contributed by atoms with Gasteiger partial charge in [0.15, 0.2) is 5.69 Å². The van der Waals surface area contributed by atoms with Crippen LogP contribution >= 0.6 is 11.6 Å². The molecule has 2 heterocycles. The van der Waals surface area contributed by atoms with E-state index in [1.165, 1.54) is 0 Å². The van der Waals surface area contributed by atoms with Crippen molar-refractivity contribution >= 4 is 28.5 Å². The Morgan fingerprint density at radius 1 is 1.29 bits per heavy atom. The number of carbonyl (C=O) groups excluding carboxylic acids is 1. The molecular formula is C22H25ClN2O3. The monoisotopic (exact) mass is 400 g/mol. The van der Waals surface area contributed by atoms with Crippen molar-refractivity contribution in [2.75, 3.05) is 6.61 Å². The highest BCUT2D eigenvalue weighted by molar-refractivity contribution is 6.20. The molecule has 0 unspecified atom stereocenters. The minimum Gasteiger partial charge on any atom is -0.461 e. The van der Waals surface area contributed by atoms with Crippen molar-refractivity contribution in [3.8, 4) is 0 Å². The predicted molar refractivity (Wildman–Crippen MR) is 109 cm³/mol. The van der Waals surface area contributed by atoms with Crippen molar-refractivity contribution in [2.45, 2.75) is 57.4 Å². The molecule has 0 saturated heterocycles. The second-order valence-electron chi connectivity index (χ2n) is 7.48. The minimum atomic E-state index is -0.391. The molecule has 1 aliphatic rings. The zero-order valence-electron chi connectivity index (χ0n) is 16.3. The predicted octanol–water partition coefficient (Wildman–Crippen LogP) is 5.43. The molecule has 0 amide bonds. The van der Waals surface area contributed by atoms with E-state index in [1.54, 1.807) is 13.0 Å². The molecule has 0 radical (unpaired) electrons. The van der Waals surface area contributed by atoms with Crippen LogP contribution in [-0.4, -0.2) is 27.7 Å². The van der Waals surface area contributed by atoms with Crippen LogP contribution in [0.25, 0.3) is 11.0 Å². The maximum absolute atomic E-state index is 12.0. The smallest absolute Gasteiger partial charge is 0.358 e. The molecule has 0 bridgehead atoms. The van der Waals surface area contributed by atoms with Gasteiger partial charge in [0, 0.05) is 27.9 Å². The Hall–Kier alpha value is -2.27. The molecule has 1 saturated carbocycles. The number of esters is 1. The van der Waals surface area contributed by atoms with Crippen molar-refractivity contribution in [2.24, 2.45) is 0 Å². The summed E-state index contributed by atoms with van der Waals surface area (Å²) in [7, 11) is 0. The number of carbonyl (C=O) groups is 1. The molecule has 4 rings (SSSR count). The van der Waals surface area contributed by atoms with Crippen LogP contribution in [0.2, 0.25) is 0 Å². The number of furan rings is 1.